The van der Waals surface area contributed by atoms with E-state index in [0.717, 1.165) is 22.4 Å². The van der Waals surface area contributed by atoms with Gasteiger partial charge < -0.3 is 14.5 Å². The first-order valence-corrected chi connectivity index (χ1v) is 8.28. The minimum absolute atomic E-state index is 0.182. The molecule has 0 atom stereocenters. The van der Waals surface area contributed by atoms with Crippen molar-refractivity contribution in [1.29, 1.82) is 0 Å². The molecule has 2 heterocycles. The molecule has 3 aromatic rings. The fourth-order valence-corrected chi connectivity index (χ4v) is 3.03. The number of fused-ring (bicyclic) bond motifs is 2. The molecule has 4 rings (SSSR count). The van der Waals surface area contributed by atoms with Gasteiger partial charge in [0.05, 0.1) is 17.7 Å². The van der Waals surface area contributed by atoms with Crippen LogP contribution in [-0.4, -0.2) is 16.6 Å². The zero-order chi connectivity index (χ0) is 17.4. The predicted octanol–water partition coefficient (Wildman–Crippen LogP) is 3.84. The molecule has 1 aromatic heterocycles. The van der Waals surface area contributed by atoms with Crippen LogP contribution in [0, 0.1) is 6.92 Å². The van der Waals surface area contributed by atoms with Gasteiger partial charge in [0, 0.05) is 6.42 Å². The lowest BCUT2D eigenvalue weighted by molar-refractivity contribution is 0.341. The van der Waals surface area contributed by atoms with Gasteiger partial charge in [0.25, 0.3) is 5.56 Å². The van der Waals surface area contributed by atoms with Gasteiger partial charge in [-0.1, -0.05) is 29.8 Å². The smallest absolute Gasteiger partial charge is 0.258 e. The first-order chi connectivity index (χ1) is 12.2. The third-order valence-electron chi connectivity index (χ3n) is 4.21. The number of hydrogen-bond acceptors (Lipinski definition) is 4. The summed E-state index contributed by atoms with van der Waals surface area (Å²) >= 11 is 0. The summed E-state index contributed by atoms with van der Waals surface area (Å²) in [5, 5.41) is 0. The number of aromatic nitrogens is 2. The van der Waals surface area contributed by atoms with E-state index < -0.39 is 0 Å². The molecule has 0 saturated carbocycles. The maximum Gasteiger partial charge on any atom is 0.258 e. The second-order valence-electron chi connectivity index (χ2n) is 6.02. The summed E-state index contributed by atoms with van der Waals surface area (Å²) in [4.78, 5) is 20.0. The Bertz CT molecular complexity index is 1010. The van der Waals surface area contributed by atoms with Crippen LogP contribution >= 0.6 is 0 Å². The third kappa shape index (κ3) is 2.78. The second-order valence-corrected chi connectivity index (χ2v) is 6.02. The Morgan fingerprint density at radius 3 is 2.92 bits per heavy atom. The number of nitrogens with one attached hydrogen (secondary N) is 1. The Balaban J connectivity index is 1.81. The van der Waals surface area contributed by atoms with E-state index in [9.17, 15) is 4.79 Å². The minimum Gasteiger partial charge on any atom is -0.493 e. The van der Waals surface area contributed by atoms with Crippen molar-refractivity contribution in [3.8, 4) is 28.8 Å². The average molecular weight is 334 g/mol. The number of aromatic amines is 1. The summed E-state index contributed by atoms with van der Waals surface area (Å²) in [6.45, 7) is 4.48. The van der Waals surface area contributed by atoms with Gasteiger partial charge >= 0.3 is 0 Å². The van der Waals surface area contributed by atoms with Crippen molar-refractivity contribution >= 4 is 0 Å². The molecule has 0 saturated heterocycles. The van der Waals surface area contributed by atoms with E-state index in [1.807, 2.05) is 56.3 Å². The molecule has 25 heavy (non-hydrogen) atoms. The van der Waals surface area contributed by atoms with Crippen LogP contribution in [-0.2, 0) is 6.42 Å². The quantitative estimate of drug-likeness (QED) is 0.618. The SMILES string of the molecule is CCOc1ccccc1-c1nc2c(c(=O)[nH]1)Cc1cc(C)ccc1O2. The van der Waals surface area contributed by atoms with Crippen LogP contribution in [0.2, 0.25) is 0 Å². The topological polar surface area (TPSA) is 64.2 Å². The molecule has 0 fully saturated rings. The van der Waals surface area contributed by atoms with Crippen molar-refractivity contribution in [2.45, 2.75) is 20.3 Å². The maximum absolute atomic E-state index is 12.6. The van der Waals surface area contributed by atoms with Gasteiger partial charge in [0.15, 0.2) is 0 Å². The molecular weight excluding hydrogens is 316 g/mol. The molecular formula is C20H18N2O3. The molecule has 5 heteroatoms. The summed E-state index contributed by atoms with van der Waals surface area (Å²) in [7, 11) is 0. The lowest BCUT2D eigenvalue weighted by atomic mass is 10.0. The number of H-pyrrole nitrogens is 1. The number of hydrogen-bond donors (Lipinski definition) is 1. The van der Waals surface area contributed by atoms with Gasteiger partial charge in [-0.2, -0.15) is 4.98 Å². The number of aryl methyl sites for hydroxylation is 1. The predicted molar refractivity (Wildman–Crippen MR) is 95.5 cm³/mol. The normalized spacial score (nSPS) is 12.1. The lowest BCUT2D eigenvalue weighted by Crippen LogP contribution is -2.20. The summed E-state index contributed by atoms with van der Waals surface area (Å²) in [6.07, 6.45) is 0.516. The van der Waals surface area contributed by atoms with E-state index in [1.165, 1.54) is 0 Å². The molecule has 0 spiro atoms. The monoisotopic (exact) mass is 334 g/mol. The van der Waals surface area contributed by atoms with Crippen molar-refractivity contribution < 1.29 is 9.47 Å². The lowest BCUT2D eigenvalue weighted by Gasteiger charge is -2.19. The standard InChI is InChI=1S/C20H18N2O3/c1-3-24-17-7-5-4-6-14(17)18-21-19(23)15-11-13-10-12(2)8-9-16(13)25-20(15)22-18/h4-10H,3,11H2,1-2H3,(H,21,22,23). The van der Waals surface area contributed by atoms with Crippen LogP contribution in [0.1, 0.15) is 23.6 Å². The molecule has 1 aliphatic rings. The number of nitrogens with zero attached hydrogens (tertiary/aromatic N) is 1. The molecule has 126 valence electrons. The van der Waals surface area contributed by atoms with Gasteiger partial charge in [0.2, 0.25) is 5.88 Å². The first-order valence-electron chi connectivity index (χ1n) is 8.28. The average Bonchev–Trinajstić information content (AvgIpc) is 2.61. The number of ether oxygens (including phenoxy) is 2. The highest BCUT2D eigenvalue weighted by atomic mass is 16.5. The fraction of sp³-hybridized carbons (Fsp3) is 0.200. The summed E-state index contributed by atoms with van der Waals surface area (Å²) in [5.41, 5.74) is 3.25. The Morgan fingerprint density at radius 2 is 2.08 bits per heavy atom. The van der Waals surface area contributed by atoms with Crippen LogP contribution < -0.4 is 15.0 Å². The Hall–Kier alpha value is -3.08. The molecule has 0 bridgehead atoms. The zero-order valence-electron chi connectivity index (χ0n) is 14.1. The van der Waals surface area contributed by atoms with Gasteiger partial charge in [-0.05, 0) is 37.6 Å². The minimum atomic E-state index is -0.182. The van der Waals surface area contributed by atoms with Crippen molar-refractivity contribution in [3.63, 3.8) is 0 Å². The van der Waals surface area contributed by atoms with E-state index in [4.69, 9.17) is 9.47 Å². The number of benzene rings is 2. The van der Waals surface area contributed by atoms with E-state index in [-0.39, 0.29) is 5.56 Å². The summed E-state index contributed by atoms with van der Waals surface area (Å²) in [5.74, 6) is 2.24. The largest absolute Gasteiger partial charge is 0.493 e. The number of para-hydroxylation sites is 1. The van der Waals surface area contributed by atoms with Gasteiger partial charge in [-0.15, -0.1) is 0 Å². The molecule has 2 aromatic carbocycles. The van der Waals surface area contributed by atoms with Crippen LogP contribution in [0.15, 0.2) is 47.3 Å². The number of rotatable bonds is 3. The molecule has 0 aliphatic carbocycles. The highest BCUT2D eigenvalue weighted by Crippen LogP contribution is 2.35. The van der Waals surface area contributed by atoms with Crippen molar-refractivity contribution in [2.24, 2.45) is 0 Å². The molecule has 0 unspecified atom stereocenters. The van der Waals surface area contributed by atoms with Gasteiger partial charge in [-0.3, -0.25) is 4.79 Å². The second kappa shape index (κ2) is 6.09. The molecule has 1 N–H and O–H groups in total. The van der Waals surface area contributed by atoms with Gasteiger partial charge in [0.1, 0.15) is 17.3 Å². The van der Waals surface area contributed by atoms with Crippen LogP contribution in [0.5, 0.6) is 17.4 Å². The van der Waals surface area contributed by atoms with Crippen LogP contribution in [0.4, 0.5) is 0 Å². The van der Waals surface area contributed by atoms with E-state index in [1.54, 1.807) is 0 Å². The van der Waals surface area contributed by atoms with E-state index >= 15 is 0 Å². The Labute approximate surface area is 145 Å². The summed E-state index contributed by atoms with van der Waals surface area (Å²) < 4.78 is 11.5. The fourth-order valence-electron chi connectivity index (χ4n) is 3.03. The van der Waals surface area contributed by atoms with Gasteiger partial charge in [-0.25, -0.2) is 0 Å². The van der Waals surface area contributed by atoms with Crippen molar-refractivity contribution in [3.05, 3.63) is 69.5 Å². The van der Waals surface area contributed by atoms with Crippen LogP contribution in [0.3, 0.4) is 0 Å². The highest BCUT2D eigenvalue weighted by Gasteiger charge is 2.23. The maximum atomic E-state index is 12.6. The van der Waals surface area contributed by atoms with E-state index in [0.29, 0.717) is 36.0 Å². The molecule has 1 aliphatic heterocycles. The highest BCUT2D eigenvalue weighted by molar-refractivity contribution is 5.65. The Kier molecular flexibility index (Phi) is 3.76. The van der Waals surface area contributed by atoms with Crippen LogP contribution in [0.25, 0.3) is 11.4 Å². The zero-order valence-corrected chi connectivity index (χ0v) is 14.1. The van der Waals surface area contributed by atoms with Crippen molar-refractivity contribution in [1.82, 2.24) is 9.97 Å². The van der Waals surface area contributed by atoms with Crippen molar-refractivity contribution in [2.75, 3.05) is 6.61 Å². The first kappa shape index (κ1) is 15.4. The summed E-state index contributed by atoms with van der Waals surface area (Å²) in [6, 6.07) is 13.5. The Morgan fingerprint density at radius 1 is 1.24 bits per heavy atom. The molecule has 0 amide bonds. The molecule has 5 nitrogen and oxygen atoms in total. The third-order valence-corrected chi connectivity index (χ3v) is 4.21. The van der Waals surface area contributed by atoms with E-state index in [2.05, 4.69) is 9.97 Å². The molecule has 0 radical (unpaired) electrons.